The summed E-state index contributed by atoms with van der Waals surface area (Å²) in [6.07, 6.45) is -0.443. The van der Waals surface area contributed by atoms with Crippen molar-refractivity contribution in [3.8, 4) is 0 Å². The molecular formula is C5H16BrNO6P2. The predicted molar refractivity (Wildman–Crippen MR) is 60.8 cm³/mol. The number of halogens is 1. The molecule has 0 saturated carbocycles. The summed E-state index contributed by atoms with van der Waals surface area (Å²) >= 11 is 0. The topological polar surface area (TPSA) is 141 Å². The molecular weight excluding hydrogens is 312 g/mol. The molecule has 0 aliphatic rings. The van der Waals surface area contributed by atoms with E-state index in [2.05, 4.69) is 0 Å². The first-order valence-electron chi connectivity index (χ1n) is 3.82. The van der Waals surface area contributed by atoms with E-state index in [1.165, 1.54) is 0 Å². The van der Waals surface area contributed by atoms with Gasteiger partial charge in [-0.3, -0.25) is 9.13 Å². The van der Waals surface area contributed by atoms with Crippen molar-refractivity contribution >= 4 is 32.2 Å². The van der Waals surface area contributed by atoms with Crippen molar-refractivity contribution < 1.29 is 28.7 Å². The normalized spacial score (nSPS) is 13.9. The van der Waals surface area contributed by atoms with Gasteiger partial charge < -0.3 is 25.3 Å². The Morgan fingerprint density at radius 3 is 1.47 bits per heavy atom. The summed E-state index contributed by atoms with van der Waals surface area (Å²) in [5.74, 6) is -0.333. The Balaban J connectivity index is 0. The molecule has 6 N–H and O–H groups in total. The molecule has 94 valence electrons. The van der Waals surface area contributed by atoms with Crippen LogP contribution in [0.1, 0.15) is 20.3 Å². The Morgan fingerprint density at radius 2 is 1.40 bits per heavy atom. The quantitative estimate of drug-likeness (QED) is 0.475. The second-order valence-corrected chi connectivity index (χ2v) is 7.69. The molecule has 0 saturated heterocycles. The predicted octanol–water partition coefficient (Wildman–Crippen LogP) is 0.578. The second-order valence-electron chi connectivity index (χ2n) is 3.56. The van der Waals surface area contributed by atoms with Gasteiger partial charge in [-0.1, -0.05) is 13.8 Å². The number of hydrogen-bond acceptors (Lipinski definition) is 3. The van der Waals surface area contributed by atoms with E-state index < -0.39 is 26.6 Å². The van der Waals surface area contributed by atoms with Gasteiger partial charge in [-0.05, 0) is 12.3 Å². The summed E-state index contributed by atoms with van der Waals surface area (Å²) in [7, 11) is -10.1. The molecule has 0 amide bonds. The average Bonchev–Trinajstić information content (AvgIpc) is 1.79. The van der Waals surface area contributed by atoms with Crippen molar-refractivity contribution in [2.24, 2.45) is 11.7 Å². The smallest absolute Gasteiger partial charge is 0.323 e. The molecule has 0 fully saturated rings. The van der Waals surface area contributed by atoms with Crippen LogP contribution in [0.3, 0.4) is 0 Å². The molecule has 0 bridgehead atoms. The van der Waals surface area contributed by atoms with Gasteiger partial charge in [0, 0.05) is 0 Å². The van der Waals surface area contributed by atoms with Crippen molar-refractivity contribution in [3.05, 3.63) is 0 Å². The lowest BCUT2D eigenvalue weighted by molar-refractivity contribution is 0.292. The molecule has 0 heterocycles. The zero-order valence-electron chi connectivity index (χ0n) is 8.27. The maximum absolute atomic E-state index is 10.9. The maximum Gasteiger partial charge on any atom is 0.357 e. The van der Waals surface area contributed by atoms with Crippen LogP contribution < -0.4 is 5.73 Å². The monoisotopic (exact) mass is 327 g/mol. The van der Waals surface area contributed by atoms with Crippen LogP contribution in [0, 0.1) is 5.92 Å². The Labute approximate surface area is 98.2 Å². The van der Waals surface area contributed by atoms with Gasteiger partial charge in [0.15, 0.2) is 0 Å². The largest absolute Gasteiger partial charge is 0.357 e. The Hall–Kier alpha value is 0.740. The maximum atomic E-state index is 10.9. The van der Waals surface area contributed by atoms with Crippen LogP contribution in [-0.4, -0.2) is 24.6 Å². The first kappa shape index (κ1) is 18.1. The second kappa shape index (κ2) is 5.38. The average molecular weight is 328 g/mol. The van der Waals surface area contributed by atoms with Crippen LogP contribution in [0.2, 0.25) is 0 Å². The SMILES string of the molecule is Br.CC(C)CC(N)(P(=O)(O)O)P(=O)(O)O. The van der Waals surface area contributed by atoms with Crippen LogP contribution in [0.15, 0.2) is 0 Å². The van der Waals surface area contributed by atoms with E-state index in [0.29, 0.717) is 0 Å². The number of hydrogen-bond donors (Lipinski definition) is 5. The Bertz CT molecular complexity index is 274. The standard InChI is InChI=1S/C5H15NO6P2.BrH/c1-4(2)3-5(6,13(7,8)9)14(10,11)12;/h4H,3,6H2,1-2H3,(H2,7,8,9)(H2,10,11,12);1H. The summed E-state index contributed by atoms with van der Waals surface area (Å²) in [5.41, 5.74) is 5.13. The van der Waals surface area contributed by atoms with E-state index in [9.17, 15) is 9.13 Å². The first-order valence-corrected chi connectivity index (χ1v) is 7.04. The van der Waals surface area contributed by atoms with Crippen LogP contribution in [0.4, 0.5) is 0 Å². The van der Waals surface area contributed by atoms with Crippen molar-refractivity contribution in [3.63, 3.8) is 0 Å². The highest BCUT2D eigenvalue weighted by molar-refractivity contribution is 8.93. The lowest BCUT2D eigenvalue weighted by atomic mass is 10.1. The minimum absolute atomic E-state index is 0. The Kier molecular flexibility index (Phi) is 6.50. The van der Waals surface area contributed by atoms with Gasteiger partial charge >= 0.3 is 15.2 Å². The van der Waals surface area contributed by atoms with Gasteiger partial charge in [-0.2, -0.15) is 0 Å². The van der Waals surface area contributed by atoms with E-state index in [-0.39, 0.29) is 22.9 Å². The summed E-state index contributed by atoms with van der Waals surface area (Å²) in [5, 5.41) is -2.77. The lowest BCUT2D eigenvalue weighted by Gasteiger charge is -2.31. The van der Waals surface area contributed by atoms with Crippen LogP contribution in [0.25, 0.3) is 0 Å². The lowest BCUT2D eigenvalue weighted by Crippen LogP contribution is -2.40. The fourth-order valence-corrected chi connectivity index (χ4v) is 3.57. The van der Waals surface area contributed by atoms with Gasteiger partial charge in [-0.15, -0.1) is 17.0 Å². The molecule has 0 atom stereocenters. The highest BCUT2D eigenvalue weighted by atomic mass is 79.9. The summed E-state index contributed by atoms with van der Waals surface area (Å²) < 4.78 is 21.8. The molecule has 0 radical (unpaired) electrons. The van der Waals surface area contributed by atoms with Gasteiger partial charge in [0.2, 0.25) is 5.02 Å². The molecule has 0 spiro atoms. The first-order chi connectivity index (χ1) is 5.92. The van der Waals surface area contributed by atoms with Gasteiger partial charge in [-0.25, -0.2) is 0 Å². The zero-order chi connectivity index (χ0) is 11.8. The Morgan fingerprint density at radius 1 is 1.13 bits per heavy atom. The van der Waals surface area contributed by atoms with E-state index in [0.717, 1.165) is 0 Å². The minimum Gasteiger partial charge on any atom is -0.323 e. The van der Waals surface area contributed by atoms with Crippen molar-refractivity contribution in [1.29, 1.82) is 0 Å². The van der Waals surface area contributed by atoms with Crippen molar-refractivity contribution in [2.75, 3.05) is 0 Å². The minimum atomic E-state index is -5.05. The highest BCUT2D eigenvalue weighted by Gasteiger charge is 2.57. The summed E-state index contributed by atoms with van der Waals surface area (Å²) in [6.45, 7) is 3.12. The van der Waals surface area contributed by atoms with E-state index >= 15 is 0 Å². The van der Waals surface area contributed by atoms with Gasteiger partial charge in [0.05, 0.1) is 0 Å². The third kappa shape index (κ3) is 4.24. The third-order valence-electron chi connectivity index (χ3n) is 1.72. The number of nitrogens with two attached hydrogens (primary N) is 1. The fourth-order valence-electron chi connectivity index (χ4n) is 1.01. The van der Waals surface area contributed by atoms with E-state index in [1.807, 2.05) is 0 Å². The van der Waals surface area contributed by atoms with Gasteiger partial charge in [0.1, 0.15) is 0 Å². The summed E-state index contributed by atoms with van der Waals surface area (Å²) in [4.78, 5) is 35.3. The fraction of sp³-hybridized carbons (Fsp3) is 1.00. The molecule has 7 nitrogen and oxygen atoms in total. The molecule has 0 aromatic rings. The molecule has 0 aliphatic heterocycles. The summed E-state index contributed by atoms with van der Waals surface area (Å²) in [6, 6.07) is 0. The van der Waals surface area contributed by atoms with Crippen molar-refractivity contribution in [2.45, 2.75) is 25.3 Å². The molecule has 0 rings (SSSR count). The molecule has 15 heavy (non-hydrogen) atoms. The van der Waals surface area contributed by atoms with E-state index in [1.54, 1.807) is 13.8 Å². The molecule has 0 unspecified atom stereocenters. The highest BCUT2D eigenvalue weighted by Crippen LogP contribution is 2.67. The van der Waals surface area contributed by atoms with Gasteiger partial charge in [0.25, 0.3) is 0 Å². The number of rotatable bonds is 4. The molecule has 0 aromatic heterocycles. The van der Waals surface area contributed by atoms with E-state index in [4.69, 9.17) is 25.3 Å². The van der Waals surface area contributed by atoms with Crippen LogP contribution in [-0.2, 0) is 9.13 Å². The molecule has 0 aromatic carbocycles. The molecule has 0 aliphatic carbocycles. The molecule has 10 heteroatoms. The zero-order valence-corrected chi connectivity index (χ0v) is 11.8. The third-order valence-corrected chi connectivity index (χ3v) is 5.66. The van der Waals surface area contributed by atoms with Crippen molar-refractivity contribution in [1.82, 2.24) is 0 Å². The van der Waals surface area contributed by atoms with Crippen LogP contribution >= 0.6 is 32.2 Å². The van der Waals surface area contributed by atoms with Crippen LogP contribution in [0.5, 0.6) is 0 Å².